The summed E-state index contributed by atoms with van der Waals surface area (Å²) in [7, 11) is 1.68. The SMILES string of the molecule is Cn1ncc(N)c1C(=O)Nc1ccccc1I. The molecule has 3 N–H and O–H groups in total. The molecule has 0 saturated heterocycles. The lowest BCUT2D eigenvalue weighted by Crippen LogP contribution is -2.18. The summed E-state index contributed by atoms with van der Waals surface area (Å²) in [4.78, 5) is 12.0. The number of halogens is 1. The lowest BCUT2D eigenvalue weighted by Gasteiger charge is -2.07. The van der Waals surface area contributed by atoms with E-state index in [1.165, 1.54) is 10.9 Å². The number of nitrogens with zero attached hydrogens (tertiary/aromatic N) is 2. The predicted molar refractivity (Wildman–Crippen MR) is 74.7 cm³/mol. The van der Waals surface area contributed by atoms with Crippen LogP contribution in [0.4, 0.5) is 11.4 Å². The van der Waals surface area contributed by atoms with Crippen LogP contribution in [-0.2, 0) is 7.05 Å². The van der Waals surface area contributed by atoms with E-state index >= 15 is 0 Å². The average Bonchev–Trinajstić information content (AvgIpc) is 2.62. The Morgan fingerprint density at radius 2 is 2.18 bits per heavy atom. The molecule has 5 nitrogen and oxygen atoms in total. The number of anilines is 2. The fourth-order valence-corrected chi connectivity index (χ4v) is 2.00. The zero-order valence-corrected chi connectivity index (χ0v) is 11.3. The van der Waals surface area contributed by atoms with Crippen LogP contribution in [0.5, 0.6) is 0 Å². The van der Waals surface area contributed by atoms with Gasteiger partial charge in [0.2, 0.25) is 0 Å². The van der Waals surface area contributed by atoms with E-state index in [9.17, 15) is 4.79 Å². The number of para-hydroxylation sites is 1. The van der Waals surface area contributed by atoms with Crippen molar-refractivity contribution >= 4 is 39.9 Å². The summed E-state index contributed by atoms with van der Waals surface area (Å²) in [5.41, 5.74) is 7.19. The zero-order valence-electron chi connectivity index (χ0n) is 9.14. The van der Waals surface area contributed by atoms with E-state index in [0.29, 0.717) is 11.4 Å². The molecule has 0 aliphatic rings. The van der Waals surface area contributed by atoms with Gasteiger partial charge in [-0.05, 0) is 34.7 Å². The molecule has 17 heavy (non-hydrogen) atoms. The number of amides is 1. The lowest BCUT2D eigenvalue weighted by molar-refractivity contribution is 0.101. The van der Waals surface area contributed by atoms with Gasteiger partial charge in [-0.2, -0.15) is 5.10 Å². The average molecular weight is 342 g/mol. The standard InChI is InChI=1S/C11H11IN4O/c1-16-10(8(13)6-14-16)11(17)15-9-5-3-2-4-7(9)12/h2-6H,13H2,1H3,(H,15,17). The second-order valence-corrected chi connectivity index (χ2v) is 4.67. The number of nitrogens with one attached hydrogen (secondary N) is 1. The van der Waals surface area contributed by atoms with E-state index in [2.05, 4.69) is 33.0 Å². The van der Waals surface area contributed by atoms with Gasteiger partial charge in [-0.1, -0.05) is 12.1 Å². The van der Waals surface area contributed by atoms with Crippen molar-refractivity contribution in [3.63, 3.8) is 0 Å². The molecule has 2 rings (SSSR count). The summed E-state index contributed by atoms with van der Waals surface area (Å²) in [6.07, 6.45) is 1.46. The molecule has 1 heterocycles. The number of nitrogen functional groups attached to an aromatic ring is 1. The van der Waals surface area contributed by atoms with E-state index in [1.807, 2.05) is 24.3 Å². The van der Waals surface area contributed by atoms with Crippen LogP contribution in [0.1, 0.15) is 10.5 Å². The molecule has 0 radical (unpaired) electrons. The Morgan fingerprint density at radius 1 is 1.47 bits per heavy atom. The van der Waals surface area contributed by atoms with E-state index < -0.39 is 0 Å². The third kappa shape index (κ3) is 2.41. The Kier molecular flexibility index (Phi) is 3.32. The molecular formula is C11H11IN4O. The number of hydrogen-bond donors (Lipinski definition) is 2. The molecule has 0 fully saturated rings. The summed E-state index contributed by atoms with van der Waals surface area (Å²) < 4.78 is 2.43. The van der Waals surface area contributed by atoms with Crippen LogP contribution in [0, 0.1) is 3.57 Å². The summed E-state index contributed by atoms with van der Waals surface area (Å²) in [6.45, 7) is 0. The number of aromatic nitrogens is 2. The highest BCUT2D eigenvalue weighted by Crippen LogP contribution is 2.19. The molecule has 0 bridgehead atoms. The number of nitrogens with two attached hydrogens (primary N) is 1. The van der Waals surface area contributed by atoms with E-state index in [4.69, 9.17) is 5.73 Å². The molecule has 1 aromatic heterocycles. The molecule has 0 aliphatic heterocycles. The molecule has 0 saturated carbocycles. The Morgan fingerprint density at radius 3 is 2.76 bits per heavy atom. The summed E-state index contributed by atoms with van der Waals surface area (Å²) >= 11 is 2.16. The van der Waals surface area contributed by atoms with Crippen molar-refractivity contribution in [3.8, 4) is 0 Å². The fraction of sp³-hybridized carbons (Fsp3) is 0.0909. The molecule has 1 amide bonds. The number of carbonyl (C=O) groups is 1. The molecular weight excluding hydrogens is 331 g/mol. The Bertz CT molecular complexity index is 545. The minimum atomic E-state index is -0.258. The zero-order chi connectivity index (χ0) is 12.4. The monoisotopic (exact) mass is 342 g/mol. The van der Waals surface area contributed by atoms with E-state index in [1.54, 1.807) is 7.05 Å². The van der Waals surface area contributed by atoms with Crippen molar-refractivity contribution in [1.29, 1.82) is 0 Å². The van der Waals surface area contributed by atoms with Gasteiger partial charge in [0.15, 0.2) is 0 Å². The smallest absolute Gasteiger partial charge is 0.276 e. The second-order valence-electron chi connectivity index (χ2n) is 3.51. The maximum Gasteiger partial charge on any atom is 0.276 e. The minimum Gasteiger partial charge on any atom is -0.396 e. The first kappa shape index (κ1) is 11.9. The largest absolute Gasteiger partial charge is 0.396 e. The molecule has 6 heteroatoms. The first-order chi connectivity index (χ1) is 8.09. The lowest BCUT2D eigenvalue weighted by atomic mass is 10.3. The van der Waals surface area contributed by atoms with Gasteiger partial charge in [0.05, 0.1) is 17.6 Å². The predicted octanol–water partition coefficient (Wildman–Crippen LogP) is 1.86. The number of carbonyl (C=O) groups excluding carboxylic acids is 1. The molecule has 88 valence electrons. The molecule has 1 aromatic carbocycles. The Balaban J connectivity index is 2.27. The van der Waals surface area contributed by atoms with Gasteiger partial charge in [0.25, 0.3) is 5.91 Å². The molecule has 2 aromatic rings. The number of rotatable bonds is 2. The van der Waals surface area contributed by atoms with Gasteiger partial charge in [0.1, 0.15) is 5.69 Å². The number of hydrogen-bond acceptors (Lipinski definition) is 3. The van der Waals surface area contributed by atoms with Gasteiger partial charge < -0.3 is 11.1 Å². The second kappa shape index (κ2) is 4.74. The van der Waals surface area contributed by atoms with Gasteiger partial charge in [-0.15, -0.1) is 0 Å². The highest BCUT2D eigenvalue weighted by molar-refractivity contribution is 14.1. The van der Waals surface area contributed by atoms with Crippen LogP contribution >= 0.6 is 22.6 Å². The number of benzene rings is 1. The van der Waals surface area contributed by atoms with Crippen molar-refractivity contribution in [3.05, 3.63) is 39.7 Å². The highest BCUT2D eigenvalue weighted by Gasteiger charge is 2.15. The highest BCUT2D eigenvalue weighted by atomic mass is 127. The maximum atomic E-state index is 12.0. The van der Waals surface area contributed by atoms with Crippen LogP contribution in [0.15, 0.2) is 30.5 Å². The summed E-state index contributed by atoms with van der Waals surface area (Å²) in [5, 5.41) is 6.74. The van der Waals surface area contributed by atoms with Crippen LogP contribution in [0.3, 0.4) is 0 Å². The number of aryl methyl sites for hydroxylation is 1. The van der Waals surface area contributed by atoms with Gasteiger partial charge in [-0.25, -0.2) is 0 Å². The van der Waals surface area contributed by atoms with Crippen LogP contribution < -0.4 is 11.1 Å². The Labute approximate surface area is 112 Å². The third-order valence-electron chi connectivity index (χ3n) is 2.30. The summed E-state index contributed by atoms with van der Waals surface area (Å²) in [6, 6.07) is 7.54. The van der Waals surface area contributed by atoms with Crippen molar-refractivity contribution in [2.45, 2.75) is 0 Å². The fourth-order valence-electron chi connectivity index (χ4n) is 1.48. The van der Waals surface area contributed by atoms with E-state index in [0.717, 1.165) is 9.26 Å². The molecule has 0 atom stereocenters. The summed E-state index contributed by atoms with van der Waals surface area (Å²) in [5.74, 6) is -0.258. The Hall–Kier alpha value is -1.57. The van der Waals surface area contributed by atoms with Crippen molar-refractivity contribution in [2.24, 2.45) is 7.05 Å². The molecule has 0 aliphatic carbocycles. The van der Waals surface area contributed by atoms with Gasteiger partial charge >= 0.3 is 0 Å². The van der Waals surface area contributed by atoms with Crippen molar-refractivity contribution < 1.29 is 4.79 Å². The van der Waals surface area contributed by atoms with Crippen LogP contribution in [0.25, 0.3) is 0 Å². The minimum absolute atomic E-state index is 0.258. The van der Waals surface area contributed by atoms with Gasteiger partial charge in [-0.3, -0.25) is 9.48 Å². The maximum absolute atomic E-state index is 12.0. The van der Waals surface area contributed by atoms with E-state index in [-0.39, 0.29) is 5.91 Å². The first-order valence-electron chi connectivity index (χ1n) is 4.93. The van der Waals surface area contributed by atoms with Crippen molar-refractivity contribution in [1.82, 2.24) is 9.78 Å². The third-order valence-corrected chi connectivity index (χ3v) is 3.24. The molecule has 0 spiro atoms. The normalized spacial score (nSPS) is 10.2. The molecule has 0 unspecified atom stereocenters. The van der Waals surface area contributed by atoms with Crippen molar-refractivity contribution in [2.75, 3.05) is 11.1 Å². The quantitative estimate of drug-likeness (QED) is 0.819. The van der Waals surface area contributed by atoms with Crippen LogP contribution in [0.2, 0.25) is 0 Å². The first-order valence-corrected chi connectivity index (χ1v) is 6.01. The topological polar surface area (TPSA) is 72.9 Å². The van der Waals surface area contributed by atoms with Gasteiger partial charge in [0, 0.05) is 10.6 Å². The van der Waals surface area contributed by atoms with Crippen LogP contribution in [-0.4, -0.2) is 15.7 Å².